The summed E-state index contributed by atoms with van der Waals surface area (Å²) in [6, 6.07) is 32.5. The fraction of sp³-hybridized carbons (Fsp3) is 0.0500. The number of amides is 2. The summed E-state index contributed by atoms with van der Waals surface area (Å²) in [6.45, 7) is 3.34. The molecule has 2 amide bonds. The van der Waals surface area contributed by atoms with Gasteiger partial charge in [-0.1, -0.05) is 60.7 Å². The number of hydrazone groups is 2. The van der Waals surface area contributed by atoms with E-state index in [4.69, 9.17) is 0 Å². The number of carbonyl (C=O) groups excluding carboxylic acids is 2. The molecule has 0 bridgehead atoms. The van der Waals surface area contributed by atoms with E-state index in [2.05, 4.69) is 60.6 Å². The van der Waals surface area contributed by atoms with Crippen molar-refractivity contribution in [1.82, 2.24) is 19.9 Å². The Balaban J connectivity index is 0.000000206. The maximum atomic E-state index is 12.6. The molecule has 2 aliphatic rings. The topological polar surface area (TPSA) is 262 Å². The van der Waals surface area contributed by atoms with Crippen LogP contribution in [0.1, 0.15) is 13.8 Å². The molecule has 1 radical (unpaired) electrons. The van der Waals surface area contributed by atoms with Crippen LogP contribution in [0.15, 0.2) is 176 Å². The predicted molar refractivity (Wildman–Crippen MR) is 234 cm³/mol. The zero-order valence-electron chi connectivity index (χ0n) is 32.8. The number of aromatic nitrogens is 4. The molecular formula is C40H32CoN14O6S2. The molecule has 0 saturated heterocycles. The molecular weight excluding hydrogens is 896 g/mol. The van der Waals surface area contributed by atoms with Crippen LogP contribution in [-0.2, 0) is 46.4 Å². The summed E-state index contributed by atoms with van der Waals surface area (Å²) in [7, 11) is -7.70. The van der Waals surface area contributed by atoms with Crippen molar-refractivity contribution in [2.75, 3.05) is 19.5 Å². The van der Waals surface area contributed by atoms with Crippen molar-refractivity contribution in [3.05, 3.63) is 157 Å². The number of sulfonamides is 2. The number of carbonyl (C=O) groups is 2. The maximum absolute atomic E-state index is 12.6. The van der Waals surface area contributed by atoms with Gasteiger partial charge in [0.05, 0.1) is 32.6 Å². The average molecular weight is 928 g/mol. The molecule has 8 rings (SSSR count). The maximum Gasteiger partial charge on any atom is 2.00 e. The first-order valence-corrected chi connectivity index (χ1v) is 21.1. The number of benzene rings is 4. The Hall–Kier alpha value is -7.73. The minimum Gasteiger partial charge on any atom is -0.575 e. The molecule has 63 heavy (non-hydrogen) atoms. The van der Waals surface area contributed by atoms with E-state index in [1.165, 1.54) is 83.3 Å². The Morgan fingerprint density at radius 2 is 0.825 bits per heavy atom. The second-order valence-corrected chi connectivity index (χ2v) is 16.1. The van der Waals surface area contributed by atoms with Gasteiger partial charge in [-0.15, -0.1) is 11.4 Å². The third-order valence-electron chi connectivity index (χ3n) is 8.38. The molecule has 319 valence electrons. The smallest absolute Gasteiger partial charge is 0.575 e. The molecule has 0 aliphatic carbocycles. The summed E-state index contributed by atoms with van der Waals surface area (Å²) >= 11 is 0. The molecule has 4 aromatic carbocycles. The van der Waals surface area contributed by atoms with Crippen LogP contribution in [0.4, 0.5) is 34.6 Å². The van der Waals surface area contributed by atoms with E-state index in [1.807, 2.05) is 12.1 Å². The zero-order valence-corrected chi connectivity index (χ0v) is 35.5. The fourth-order valence-electron chi connectivity index (χ4n) is 5.38. The molecule has 0 saturated carbocycles. The number of nitrogens with zero attached hydrogens (tertiary/aromatic N) is 12. The Bertz CT molecular complexity index is 2730. The molecule has 2 aromatic heterocycles. The molecule has 23 heteroatoms. The standard InChI is InChI=1S/2C20H17N7O3S.Co/c2*1-14-18(19(28)27(25-14)16-6-3-2-4-7-16)24-23-15-8-10-17(11-9-15)31(29,30)26-20-21-12-5-13-22-20;/h2*2-13H,1H3,(H2,21,22,23,25,26,28);/q;;+2/p-2. The molecule has 0 spiro atoms. The zero-order chi connectivity index (χ0) is 43.7. The van der Waals surface area contributed by atoms with Crippen molar-refractivity contribution >= 4 is 89.4 Å². The van der Waals surface area contributed by atoms with Gasteiger partial charge in [-0.3, -0.25) is 9.59 Å². The first-order chi connectivity index (χ1) is 29.9. The largest absolute Gasteiger partial charge is 2.00 e. The Morgan fingerprint density at radius 3 is 1.16 bits per heavy atom. The van der Waals surface area contributed by atoms with E-state index in [9.17, 15) is 26.4 Å². The van der Waals surface area contributed by atoms with E-state index in [1.54, 1.807) is 74.5 Å². The summed E-state index contributed by atoms with van der Waals surface area (Å²) < 4.78 is 54.3. The van der Waals surface area contributed by atoms with E-state index < -0.39 is 31.9 Å². The van der Waals surface area contributed by atoms with Gasteiger partial charge in [-0.2, -0.15) is 20.2 Å². The van der Waals surface area contributed by atoms with Crippen molar-refractivity contribution < 1.29 is 43.2 Å². The molecule has 0 fully saturated rings. The second-order valence-electron chi connectivity index (χ2n) is 12.7. The fourth-order valence-corrected chi connectivity index (χ4v) is 7.29. The predicted octanol–water partition coefficient (Wildman–Crippen LogP) is 6.12. The van der Waals surface area contributed by atoms with Gasteiger partial charge in [-0.25, -0.2) is 46.2 Å². The third-order valence-corrected chi connectivity index (χ3v) is 11.1. The number of para-hydroxylation sites is 2. The van der Waals surface area contributed by atoms with Crippen molar-refractivity contribution in [2.24, 2.45) is 20.4 Å². The monoisotopic (exact) mass is 927 g/mol. The van der Waals surface area contributed by atoms with Crippen LogP contribution in [-0.4, -0.2) is 71.4 Å². The van der Waals surface area contributed by atoms with E-state index >= 15 is 0 Å². The number of nitrogens with one attached hydrogen (secondary N) is 2. The van der Waals surface area contributed by atoms with Crippen LogP contribution < -0.4 is 19.5 Å². The summed E-state index contributed by atoms with van der Waals surface area (Å²) in [5, 5.41) is 19.0. The number of rotatable bonds is 12. The van der Waals surface area contributed by atoms with Crippen LogP contribution >= 0.6 is 0 Å². The number of hydrogen-bond donors (Lipinski definition) is 2. The van der Waals surface area contributed by atoms with Crippen molar-refractivity contribution in [2.45, 2.75) is 23.6 Å². The van der Waals surface area contributed by atoms with Crippen LogP contribution in [0.3, 0.4) is 0 Å². The van der Waals surface area contributed by atoms with Gasteiger partial charge < -0.3 is 21.1 Å². The van der Waals surface area contributed by atoms with Crippen LogP contribution in [0.2, 0.25) is 0 Å². The van der Waals surface area contributed by atoms with Gasteiger partial charge in [0.15, 0.2) is 0 Å². The van der Waals surface area contributed by atoms with Gasteiger partial charge in [0.2, 0.25) is 11.9 Å². The summed E-state index contributed by atoms with van der Waals surface area (Å²) in [6.07, 6.45) is 5.72. The van der Waals surface area contributed by atoms with E-state index in [0.717, 1.165) is 0 Å². The third kappa shape index (κ3) is 11.0. The normalized spacial score (nSPS) is 14.9. The molecule has 0 atom stereocenters. The Labute approximate surface area is 371 Å². The Kier molecular flexibility index (Phi) is 14.1. The molecule has 2 aliphatic heterocycles. The minimum atomic E-state index is -3.85. The first-order valence-electron chi connectivity index (χ1n) is 18.2. The van der Waals surface area contributed by atoms with E-state index in [0.29, 0.717) is 34.2 Å². The second kappa shape index (κ2) is 19.8. The number of hydrogen-bond acceptors (Lipinski definition) is 14. The molecule has 4 heterocycles. The molecule has 0 unspecified atom stereocenters. The number of anilines is 4. The van der Waals surface area contributed by atoms with Crippen LogP contribution in [0.5, 0.6) is 0 Å². The Morgan fingerprint density at radius 1 is 0.492 bits per heavy atom. The molecule has 2 N–H and O–H groups in total. The van der Waals surface area contributed by atoms with Gasteiger partial charge in [0.1, 0.15) is 11.4 Å². The summed E-state index contributed by atoms with van der Waals surface area (Å²) in [4.78, 5) is 40.6. The SMILES string of the molecule is CC1=NN(c2ccccc2)C(=O)/C1=N/[N-]c1ccc(S(=O)(=O)Nc2ncccn2)cc1.CC1=NN(c2ccccc2)C(=O)/C1=N\[N-]c1ccc(S(=O)(=O)Nc2ncccn2)cc1.[Co+2]. The van der Waals surface area contributed by atoms with Gasteiger partial charge in [0.25, 0.3) is 31.9 Å². The van der Waals surface area contributed by atoms with Crippen LogP contribution in [0.25, 0.3) is 10.9 Å². The summed E-state index contributed by atoms with van der Waals surface area (Å²) in [5.41, 5.74) is 11.2. The average Bonchev–Trinajstić information content (AvgIpc) is 3.74. The first kappa shape index (κ1) is 44.8. The summed E-state index contributed by atoms with van der Waals surface area (Å²) in [5.74, 6) is -0.835. The van der Waals surface area contributed by atoms with Gasteiger partial charge in [-0.05, 0) is 74.5 Å². The van der Waals surface area contributed by atoms with E-state index in [-0.39, 0.29) is 49.9 Å². The van der Waals surface area contributed by atoms with Crippen molar-refractivity contribution in [1.29, 1.82) is 0 Å². The quantitative estimate of drug-likeness (QED) is 0.133. The van der Waals surface area contributed by atoms with Crippen molar-refractivity contribution in [3.63, 3.8) is 0 Å². The van der Waals surface area contributed by atoms with Gasteiger partial charge in [0, 0.05) is 24.8 Å². The molecule has 6 aromatic rings. The minimum absolute atomic E-state index is 0. The van der Waals surface area contributed by atoms with Crippen molar-refractivity contribution in [3.8, 4) is 0 Å². The molecule has 20 nitrogen and oxygen atoms in total. The van der Waals surface area contributed by atoms with Crippen LogP contribution in [0, 0.1) is 0 Å². The van der Waals surface area contributed by atoms with Gasteiger partial charge >= 0.3 is 16.8 Å².